The minimum absolute atomic E-state index is 0.134. The fraction of sp³-hybridized carbons (Fsp3) is 0.962. The highest BCUT2D eigenvalue weighted by Crippen LogP contribution is 2.16. The van der Waals surface area contributed by atoms with Crippen LogP contribution in [0.1, 0.15) is 155 Å². The summed E-state index contributed by atoms with van der Waals surface area (Å²) in [7, 11) is 0. The van der Waals surface area contributed by atoms with Gasteiger partial charge in [-0.2, -0.15) is 0 Å². The standard InChI is InChI=1S/C26H51IO2/c1-3-5-6-7-8-9-10-11-12-13-14-15-16-17-18-19-20-21-22-23-24-25(4-2)29-26(27)28/h25H,3-24H2,1-2H3. The van der Waals surface area contributed by atoms with Crippen LogP contribution >= 0.6 is 22.6 Å². The Balaban J connectivity index is 3.12. The minimum Gasteiger partial charge on any atom is -0.455 e. The van der Waals surface area contributed by atoms with Gasteiger partial charge in [0.1, 0.15) is 6.10 Å². The second-order valence-electron chi connectivity index (χ2n) is 8.89. The minimum atomic E-state index is -0.164. The van der Waals surface area contributed by atoms with Gasteiger partial charge in [-0.1, -0.05) is 136 Å². The summed E-state index contributed by atoms with van der Waals surface area (Å²) in [5.41, 5.74) is 0. The Bertz CT molecular complexity index is 333. The molecule has 0 saturated heterocycles. The number of halogens is 1. The van der Waals surface area contributed by atoms with Gasteiger partial charge in [-0.25, -0.2) is 4.79 Å². The van der Waals surface area contributed by atoms with Gasteiger partial charge in [-0.15, -0.1) is 0 Å². The van der Waals surface area contributed by atoms with Gasteiger partial charge in [0.25, 0.3) is 0 Å². The summed E-state index contributed by atoms with van der Waals surface area (Å²) < 4.78 is 5.12. The van der Waals surface area contributed by atoms with Crippen molar-refractivity contribution in [2.45, 2.75) is 161 Å². The van der Waals surface area contributed by atoms with Crippen molar-refractivity contribution in [3.8, 4) is 0 Å². The number of carbonyl (C=O) groups is 1. The summed E-state index contributed by atoms with van der Waals surface area (Å²) in [5.74, 6) is 0. The van der Waals surface area contributed by atoms with Crippen LogP contribution in [0.15, 0.2) is 0 Å². The molecule has 3 heteroatoms. The lowest BCUT2D eigenvalue weighted by atomic mass is 10.0. The molecule has 0 aliphatic rings. The molecule has 1 unspecified atom stereocenters. The summed E-state index contributed by atoms with van der Waals surface area (Å²) >= 11 is 1.73. The van der Waals surface area contributed by atoms with E-state index in [1.807, 2.05) is 0 Å². The lowest BCUT2D eigenvalue weighted by Gasteiger charge is -2.13. The van der Waals surface area contributed by atoms with Crippen LogP contribution in [-0.4, -0.2) is 10.1 Å². The third kappa shape index (κ3) is 24.3. The zero-order chi connectivity index (χ0) is 21.4. The number of carbonyl (C=O) groups excluding carboxylic acids is 1. The quantitative estimate of drug-likeness (QED) is 0.0758. The van der Waals surface area contributed by atoms with Gasteiger partial charge >= 0.3 is 3.98 Å². The molecule has 0 aliphatic heterocycles. The van der Waals surface area contributed by atoms with Gasteiger partial charge in [-0.05, 0) is 19.3 Å². The average Bonchev–Trinajstić information content (AvgIpc) is 2.71. The van der Waals surface area contributed by atoms with Crippen LogP contribution in [0.3, 0.4) is 0 Å². The first-order chi connectivity index (χ1) is 14.2. The van der Waals surface area contributed by atoms with E-state index < -0.39 is 0 Å². The molecule has 0 bridgehead atoms. The molecule has 2 nitrogen and oxygen atoms in total. The summed E-state index contributed by atoms with van der Waals surface area (Å²) in [6.45, 7) is 4.39. The molecular formula is C26H51IO2. The zero-order valence-corrected chi connectivity index (χ0v) is 22.0. The van der Waals surface area contributed by atoms with Crippen LogP contribution in [0.2, 0.25) is 0 Å². The normalized spacial score (nSPS) is 12.2. The van der Waals surface area contributed by atoms with Gasteiger partial charge in [0.2, 0.25) is 0 Å². The van der Waals surface area contributed by atoms with E-state index in [9.17, 15) is 4.79 Å². The van der Waals surface area contributed by atoms with Crippen molar-refractivity contribution >= 4 is 26.6 Å². The summed E-state index contributed by atoms with van der Waals surface area (Å²) in [5, 5.41) is 0. The first-order valence-corrected chi connectivity index (χ1v) is 14.1. The molecule has 0 aromatic rings. The first-order valence-electron chi connectivity index (χ1n) is 13.1. The number of unbranched alkanes of at least 4 members (excludes halogenated alkanes) is 19. The number of hydrogen-bond donors (Lipinski definition) is 0. The predicted molar refractivity (Wildman–Crippen MR) is 137 cm³/mol. The lowest BCUT2D eigenvalue weighted by molar-refractivity contribution is 0.115. The molecule has 0 rings (SSSR count). The van der Waals surface area contributed by atoms with Gasteiger partial charge < -0.3 is 4.74 Å². The van der Waals surface area contributed by atoms with Gasteiger partial charge in [-0.3, -0.25) is 0 Å². The van der Waals surface area contributed by atoms with E-state index in [0.717, 1.165) is 12.8 Å². The third-order valence-corrected chi connectivity index (χ3v) is 6.35. The Labute approximate surface area is 196 Å². The Morgan fingerprint density at radius 3 is 1.17 bits per heavy atom. The zero-order valence-electron chi connectivity index (χ0n) is 19.8. The van der Waals surface area contributed by atoms with E-state index >= 15 is 0 Å². The van der Waals surface area contributed by atoms with E-state index in [-0.39, 0.29) is 10.1 Å². The summed E-state index contributed by atoms with van der Waals surface area (Å²) in [6, 6.07) is 0. The Morgan fingerprint density at radius 1 is 0.586 bits per heavy atom. The molecule has 0 radical (unpaired) electrons. The van der Waals surface area contributed by atoms with Gasteiger partial charge in [0, 0.05) is 0 Å². The van der Waals surface area contributed by atoms with E-state index in [0.29, 0.717) is 0 Å². The van der Waals surface area contributed by atoms with Crippen LogP contribution in [-0.2, 0) is 4.74 Å². The second kappa shape index (κ2) is 24.5. The highest BCUT2D eigenvalue weighted by atomic mass is 127. The molecule has 0 saturated carbocycles. The Hall–Kier alpha value is 0.200. The molecule has 0 heterocycles. The summed E-state index contributed by atoms with van der Waals surface area (Å²) in [6.07, 6.45) is 30.4. The maximum absolute atomic E-state index is 11.0. The van der Waals surface area contributed by atoms with Crippen molar-refractivity contribution in [1.82, 2.24) is 0 Å². The smallest absolute Gasteiger partial charge is 0.367 e. The molecule has 29 heavy (non-hydrogen) atoms. The van der Waals surface area contributed by atoms with Gasteiger partial charge in [0.05, 0.1) is 22.6 Å². The van der Waals surface area contributed by atoms with Crippen LogP contribution < -0.4 is 0 Å². The monoisotopic (exact) mass is 522 g/mol. The second-order valence-corrected chi connectivity index (χ2v) is 9.77. The molecule has 0 fully saturated rings. The van der Waals surface area contributed by atoms with Gasteiger partial charge in [0.15, 0.2) is 0 Å². The largest absolute Gasteiger partial charge is 0.455 e. The third-order valence-electron chi connectivity index (χ3n) is 6.09. The van der Waals surface area contributed by atoms with Crippen molar-refractivity contribution in [3.05, 3.63) is 0 Å². The molecule has 0 spiro atoms. The van der Waals surface area contributed by atoms with E-state index in [2.05, 4.69) is 13.8 Å². The number of ether oxygens (including phenoxy) is 1. The fourth-order valence-electron chi connectivity index (χ4n) is 4.10. The number of rotatable bonds is 23. The highest BCUT2D eigenvalue weighted by Gasteiger charge is 2.09. The Kier molecular flexibility index (Phi) is 24.6. The average molecular weight is 523 g/mol. The number of hydrogen-bond acceptors (Lipinski definition) is 2. The van der Waals surface area contributed by atoms with E-state index in [1.165, 1.54) is 128 Å². The van der Waals surface area contributed by atoms with Crippen LogP contribution in [0.5, 0.6) is 0 Å². The van der Waals surface area contributed by atoms with Crippen molar-refractivity contribution in [2.24, 2.45) is 0 Å². The molecule has 1 atom stereocenters. The maximum Gasteiger partial charge on any atom is 0.367 e. The molecule has 174 valence electrons. The van der Waals surface area contributed by atoms with Crippen molar-refractivity contribution in [1.29, 1.82) is 0 Å². The van der Waals surface area contributed by atoms with Crippen molar-refractivity contribution in [2.75, 3.05) is 0 Å². The summed E-state index contributed by atoms with van der Waals surface area (Å²) in [4.78, 5) is 11.0. The van der Waals surface area contributed by atoms with Crippen LogP contribution in [0.4, 0.5) is 4.79 Å². The van der Waals surface area contributed by atoms with Crippen molar-refractivity contribution in [3.63, 3.8) is 0 Å². The SMILES string of the molecule is CCCCCCCCCCCCCCCCCCCCCCC(CC)OC(=O)I. The fourth-order valence-corrected chi connectivity index (χ4v) is 4.46. The topological polar surface area (TPSA) is 26.3 Å². The lowest BCUT2D eigenvalue weighted by Crippen LogP contribution is -2.12. The van der Waals surface area contributed by atoms with Crippen LogP contribution in [0, 0.1) is 0 Å². The van der Waals surface area contributed by atoms with Crippen molar-refractivity contribution < 1.29 is 9.53 Å². The molecule has 0 aromatic carbocycles. The maximum atomic E-state index is 11.0. The van der Waals surface area contributed by atoms with Crippen LogP contribution in [0.25, 0.3) is 0 Å². The molecule has 0 N–H and O–H groups in total. The Morgan fingerprint density at radius 2 is 0.897 bits per heavy atom. The molecular weight excluding hydrogens is 471 g/mol. The van der Waals surface area contributed by atoms with E-state index in [4.69, 9.17) is 4.74 Å². The molecule has 0 aromatic heterocycles. The molecule has 0 aliphatic carbocycles. The molecule has 0 amide bonds. The predicted octanol–water partition coefficient (Wildman–Crippen LogP) is 10.5. The van der Waals surface area contributed by atoms with E-state index in [1.54, 1.807) is 22.6 Å². The highest BCUT2D eigenvalue weighted by molar-refractivity contribution is 14.1. The first kappa shape index (κ1) is 29.2.